The number of rotatable bonds is 3. The summed E-state index contributed by atoms with van der Waals surface area (Å²) in [5, 5.41) is 5.58. The molecule has 0 aromatic carbocycles. The topological polar surface area (TPSA) is 61.4 Å². The third-order valence-corrected chi connectivity index (χ3v) is 2.39. The molecule has 14 heavy (non-hydrogen) atoms. The normalized spacial score (nSPS) is 21.6. The Kier molecular flexibility index (Phi) is 3.88. The summed E-state index contributed by atoms with van der Waals surface area (Å²) in [7, 11) is 0. The van der Waals surface area contributed by atoms with Gasteiger partial charge in [-0.25, -0.2) is 0 Å². The number of nitrogens with one attached hydrogen (secondary N) is 2. The molecule has 2 amide bonds. The zero-order chi connectivity index (χ0) is 10.6. The molecule has 0 bridgehead atoms. The van der Waals surface area contributed by atoms with Gasteiger partial charge in [0.15, 0.2) is 0 Å². The SMILES string of the molecule is CCN(CC)C(=O)C1CNC(=O)CN1. The maximum atomic E-state index is 11.8. The van der Waals surface area contributed by atoms with Crippen molar-refractivity contribution in [2.75, 3.05) is 26.2 Å². The van der Waals surface area contributed by atoms with Gasteiger partial charge in [-0.3, -0.25) is 14.9 Å². The molecule has 0 spiro atoms. The Morgan fingerprint density at radius 2 is 2.14 bits per heavy atom. The van der Waals surface area contributed by atoms with E-state index in [0.717, 1.165) is 0 Å². The highest BCUT2D eigenvalue weighted by atomic mass is 16.2. The molecule has 5 heteroatoms. The van der Waals surface area contributed by atoms with Gasteiger partial charge in [0, 0.05) is 19.6 Å². The van der Waals surface area contributed by atoms with Crippen LogP contribution >= 0.6 is 0 Å². The van der Waals surface area contributed by atoms with E-state index < -0.39 is 0 Å². The van der Waals surface area contributed by atoms with Gasteiger partial charge >= 0.3 is 0 Å². The number of hydrogen-bond donors (Lipinski definition) is 2. The van der Waals surface area contributed by atoms with Crippen molar-refractivity contribution in [3.05, 3.63) is 0 Å². The predicted molar refractivity (Wildman–Crippen MR) is 52.7 cm³/mol. The van der Waals surface area contributed by atoms with Crippen LogP contribution in [0.15, 0.2) is 0 Å². The van der Waals surface area contributed by atoms with Crippen molar-refractivity contribution in [3.63, 3.8) is 0 Å². The standard InChI is InChI=1S/C9H17N3O2/c1-3-12(4-2)9(14)7-5-11-8(13)6-10-7/h7,10H,3-6H2,1-2H3,(H,11,13). The molecule has 1 fully saturated rings. The lowest BCUT2D eigenvalue weighted by Crippen LogP contribution is -2.58. The van der Waals surface area contributed by atoms with Crippen molar-refractivity contribution in [1.82, 2.24) is 15.5 Å². The van der Waals surface area contributed by atoms with Gasteiger partial charge in [0.05, 0.1) is 6.54 Å². The van der Waals surface area contributed by atoms with Crippen molar-refractivity contribution in [1.29, 1.82) is 0 Å². The molecule has 80 valence electrons. The molecule has 5 nitrogen and oxygen atoms in total. The van der Waals surface area contributed by atoms with Gasteiger partial charge in [-0.15, -0.1) is 0 Å². The largest absolute Gasteiger partial charge is 0.353 e. The predicted octanol–water partition coefficient (Wildman–Crippen LogP) is -1.06. The molecule has 0 aromatic heterocycles. The minimum atomic E-state index is -0.257. The molecular formula is C9H17N3O2. The first-order valence-electron chi connectivity index (χ1n) is 4.97. The molecule has 1 atom stereocenters. The van der Waals surface area contributed by atoms with Gasteiger partial charge in [0.1, 0.15) is 6.04 Å². The highest BCUT2D eigenvalue weighted by molar-refractivity contribution is 5.86. The average Bonchev–Trinajstić information content (AvgIpc) is 2.20. The summed E-state index contributed by atoms with van der Waals surface area (Å²) in [6.07, 6.45) is 0. The van der Waals surface area contributed by atoms with E-state index in [2.05, 4.69) is 10.6 Å². The molecule has 0 saturated carbocycles. The van der Waals surface area contributed by atoms with Crippen LogP contribution in [0.1, 0.15) is 13.8 Å². The lowest BCUT2D eigenvalue weighted by molar-refractivity contribution is -0.134. The van der Waals surface area contributed by atoms with E-state index in [4.69, 9.17) is 0 Å². The molecule has 1 rings (SSSR count). The Hall–Kier alpha value is -1.10. The van der Waals surface area contributed by atoms with Crippen LogP contribution < -0.4 is 10.6 Å². The molecule has 2 N–H and O–H groups in total. The van der Waals surface area contributed by atoms with Crippen molar-refractivity contribution in [2.24, 2.45) is 0 Å². The highest BCUT2D eigenvalue weighted by Gasteiger charge is 2.26. The number of amides is 2. The second-order valence-electron chi connectivity index (χ2n) is 3.25. The quantitative estimate of drug-likeness (QED) is 0.609. The van der Waals surface area contributed by atoms with Crippen LogP contribution in [0.5, 0.6) is 0 Å². The summed E-state index contributed by atoms with van der Waals surface area (Å²) in [5.74, 6) is 0.0172. The highest BCUT2D eigenvalue weighted by Crippen LogP contribution is 1.97. The maximum Gasteiger partial charge on any atom is 0.241 e. The molecule has 0 radical (unpaired) electrons. The summed E-state index contributed by atoms with van der Waals surface area (Å²) in [6.45, 7) is 5.94. The zero-order valence-corrected chi connectivity index (χ0v) is 8.67. The molecule has 1 aliphatic rings. The first-order chi connectivity index (χ1) is 6.69. The number of nitrogens with zero attached hydrogens (tertiary/aromatic N) is 1. The van der Waals surface area contributed by atoms with Gasteiger partial charge in [-0.1, -0.05) is 0 Å². The average molecular weight is 199 g/mol. The summed E-state index contributed by atoms with van der Waals surface area (Å²) < 4.78 is 0. The maximum absolute atomic E-state index is 11.8. The molecule has 0 aliphatic carbocycles. The van der Waals surface area contributed by atoms with Crippen LogP contribution in [0.2, 0.25) is 0 Å². The zero-order valence-electron chi connectivity index (χ0n) is 8.67. The van der Waals surface area contributed by atoms with Gasteiger partial charge in [-0.2, -0.15) is 0 Å². The van der Waals surface area contributed by atoms with E-state index in [1.807, 2.05) is 13.8 Å². The van der Waals surface area contributed by atoms with Gasteiger partial charge in [-0.05, 0) is 13.8 Å². The monoisotopic (exact) mass is 199 g/mol. The van der Waals surface area contributed by atoms with E-state index in [1.165, 1.54) is 0 Å². The fourth-order valence-corrected chi connectivity index (χ4v) is 1.50. The van der Waals surface area contributed by atoms with Crippen LogP contribution in [0.3, 0.4) is 0 Å². The Bertz CT molecular complexity index is 216. The van der Waals surface area contributed by atoms with Crippen LogP contribution in [0.4, 0.5) is 0 Å². The second kappa shape index (κ2) is 4.95. The van der Waals surface area contributed by atoms with Gasteiger partial charge < -0.3 is 10.2 Å². The third kappa shape index (κ3) is 2.45. The summed E-state index contributed by atoms with van der Waals surface area (Å²) in [5.41, 5.74) is 0. The van der Waals surface area contributed by atoms with Crippen LogP contribution in [-0.2, 0) is 9.59 Å². The van der Waals surface area contributed by atoms with Crippen LogP contribution in [0.25, 0.3) is 0 Å². The number of carbonyl (C=O) groups is 2. The Morgan fingerprint density at radius 1 is 1.50 bits per heavy atom. The van der Waals surface area contributed by atoms with Gasteiger partial charge in [0.25, 0.3) is 0 Å². The fourth-order valence-electron chi connectivity index (χ4n) is 1.50. The lowest BCUT2D eigenvalue weighted by atomic mass is 10.2. The Morgan fingerprint density at radius 3 is 2.57 bits per heavy atom. The van der Waals surface area contributed by atoms with E-state index >= 15 is 0 Å². The Balaban J connectivity index is 2.48. The summed E-state index contributed by atoms with van der Waals surface area (Å²) in [6, 6.07) is -0.257. The Labute approximate surface area is 83.8 Å². The number of carbonyl (C=O) groups excluding carboxylic acids is 2. The summed E-state index contributed by atoms with van der Waals surface area (Å²) in [4.78, 5) is 24.4. The number of hydrogen-bond acceptors (Lipinski definition) is 3. The molecular weight excluding hydrogens is 182 g/mol. The third-order valence-electron chi connectivity index (χ3n) is 2.39. The fraction of sp³-hybridized carbons (Fsp3) is 0.778. The molecule has 1 aliphatic heterocycles. The molecule has 1 unspecified atom stereocenters. The first-order valence-corrected chi connectivity index (χ1v) is 4.97. The van der Waals surface area contributed by atoms with Crippen molar-refractivity contribution in [3.8, 4) is 0 Å². The number of likely N-dealkylation sites (N-methyl/N-ethyl adjacent to an activating group) is 1. The molecule has 1 saturated heterocycles. The lowest BCUT2D eigenvalue weighted by Gasteiger charge is -2.28. The summed E-state index contributed by atoms with van der Waals surface area (Å²) >= 11 is 0. The number of piperazine rings is 1. The minimum absolute atomic E-state index is 0.0476. The van der Waals surface area contributed by atoms with Crippen molar-refractivity contribution < 1.29 is 9.59 Å². The van der Waals surface area contributed by atoms with E-state index in [0.29, 0.717) is 19.6 Å². The molecule has 0 aromatic rings. The van der Waals surface area contributed by atoms with Crippen LogP contribution in [-0.4, -0.2) is 48.9 Å². The van der Waals surface area contributed by atoms with E-state index in [9.17, 15) is 9.59 Å². The smallest absolute Gasteiger partial charge is 0.241 e. The van der Waals surface area contributed by atoms with E-state index in [1.54, 1.807) is 4.90 Å². The van der Waals surface area contributed by atoms with Crippen molar-refractivity contribution >= 4 is 11.8 Å². The van der Waals surface area contributed by atoms with Crippen LogP contribution in [0, 0.1) is 0 Å². The minimum Gasteiger partial charge on any atom is -0.353 e. The second-order valence-corrected chi connectivity index (χ2v) is 3.25. The van der Waals surface area contributed by atoms with Gasteiger partial charge in [0.2, 0.25) is 11.8 Å². The van der Waals surface area contributed by atoms with Crippen molar-refractivity contribution in [2.45, 2.75) is 19.9 Å². The van der Waals surface area contributed by atoms with E-state index in [-0.39, 0.29) is 24.4 Å². The first kappa shape index (κ1) is 11.0. The molecule has 1 heterocycles.